The van der Waals surface area contributed by atoms with Crippen molar-refractivity contribution in [3.63, 3.8) is 0 Å². The molecule has 0 fully saturated rings. The van der Waals surface area contributed by atoms with Gasteiger partial charge in [-0.1, -0.05) is 35.9 Å². The first-order valence-electron chi connectivity index (χ1n) is 9.35. The predicted octanol–water partition coefficient (Wildman–Crippen LogP) is 5.67. The summed E-state index contributed by atoms with van der Waals surface area (Å²) >= 11 is 9.37. The van der Waals surface area contributed by atoms with Crippen LogP contribution in [0.15, 0.2) is 71.2 Å². The fourth-order valence-corrected chi connectivity index (χ4v) is 3.85. The van der Waals surface area contributed by atoms with E-state index in [0.29, 0.717) is 38.7 Å². The van der Waals surface area contributed by atoms with Crippen molar-refractivity contribution in [3.05, 3.63) is 87.4 Å². The lowest BCUT2D eigenvalue weighted by Crippen LogP contribution is -2.44. The molecule has 7 heteroatoms. The van der Waals surface area contributed by atoms with Crippen molar-refractivity contribution in [1.29, 1.82) is 0 Å². The Kier molecular flexibility index (Phi) is 5.79. The molecule has 0 saturated carbocycles. The second-order valence-corrected chi connectivity index (χ2v) is 8.22. The molecule has 3 aromatic rings. The van der Waals surface area contributed by atoms with Gasteiger partial charge in [0.25, 0.3) is 11.8 Å². The number of carbonyl (C=O) groups excluding carboxylic acids is 2. The summed E-state index contributed by atoms with van der Waals surface area (Å²) < 4.78 is 6.47. The average molecular weight is 486 g/mol. The van der Waals surface area contributed by atoms with E-state index < -0.39 is 6.10 Å². The van der Waals surface area contributed by atoms with E-state index in [0.717, 1.165) is 5.56 Å². The maximum Gasteiger partial charge on any atom is 0.268 e. The maximum atomic E-state index is 12.8. The quantitative estimate of drug-likeness (QED) is 0.518. The Labute approximate surface area is 187 Å². The summed E-state index contributed by atoms with van der Waals surface area (Å²) in [5, 5.41) is 3.52. The van der Waals surface area contributed by atoms with Crippen molar-refractivity contribution in [3.8, 4) is 5.75 Å². The van der Waals surface area contributed by atoms with Crippen LogP contribution in [0.5, 0.6) is 5.75 Å². The van der Waals surface area contributed by atoms with E-state index in [-0.39, 0.29) is 11.8 Å². The Morgan fingerprint density at radius 2 is 1.87 bits per heavy atom. The van der Waals surface area contributed by atoms with E-state index in [1.54, 1.807) is 54.3 Å². The highest BCUT2D eigenvalue weighted by atomic mass is 79.9. The molecule has 0 bridgehead atoms. The first-order valence-corrected chi connectivity index (χ1v) is 10.5. The van der Waals surface area contributed by atoms with Gasteiger partial charge in [-0.25, -0.2) is 0 Å². The zero-order valence-corrected chi connectivity index (χ0v) is 18.4. The lowest BCUT2D eigenvalue weighted by Gasteiger charge is -2.33. The Balaban J connectivity index is 1.64. The fourth-order valence-electron chi connectivity index (χ4n) is 3.26. The van der Waals surface area contributed by atoms with E-state index >= 15 is 0 Å². The van der Waals surface area contributed by atoms with Gasteiger partial charge in [0.15, 0.2) is 6.10 Å². The number of carbonyl (C=O) groups is 2. The molecule has 2 amide bonds. The average Bonchev–Trinajstić information content (AvgIpc) is 2.73. The first kappa shape index (κ1) is 20.4. The van der Waals surface area contributed by atoms with Gasteiger partial charge in [-0.2, -0.15) is 0 Å². The van der Waals surface area contributed by atoms with E-state index in [4.69, 9.17) is 16.3 Å². The van der Waals surface area contributed by atoms with Crippen LogP contribution in [0, 0.1) is 0 Å². The molecule has 0 radical (unpaired) electrons. The number of rotatable bonds is 4. The zero-order valence-electron chi connectivity index (χ0n) is 16.1. The van der Waals surface area contributed by atoms with Crippen LogP contribution in [-0.2, 0) is 11.3 Å². The van der Waals surface area contributed by atoms with Crippen LogP contribution in [0.2, 0.25) is 5.02 Å². The number of anilines is 2. The highest BCUT2D eigenvalue weighted by Gasteiger charge is 2.32. The molecule has 1 unspecified atom stereocenters. The second kappa shape index (κ2) is 8.50. The fraction of sp³-hybridized carbons (Fsp3) is 0.130. The van der Waals surface area contributed by atoms with Gasteiger partial charge in [0.2, 0.25) is 0 Å². The Morgan fingerprint density at radius 1 is 1.13 bits per heavy atom. The van der Waals surface area contributed by atoms with Crippen LogP contribution < -0.4 is 15.0 Å². The van der Waals surface area contributed by atoms with Gasteiger partial charge in [-0.15, -0.1) is 0 Å². The largest absolute Gasteiger partial charge is 0.479 e. The first-order chi connectivity index (χ1) is 14.4. The van der Waals surface area contributed by atoms with E-state index in [2.05, 4.69) is 21.2 Å². The zero-order chi connectivity index (χ0) is 21.3. The number of hydrogen-bond donors (Lipinski definition) is 1. The molecule has 152 valence electrons. The molecule has 1 aliphatic heterocycles. The van der Waals surface area contributed by atoms with Gasteiger partial charge in [0, 0.05) is 15.2 Å². The lowest BCUT2D eigenvalue weighted by atomic mass is 10.1. The van der Waals surface area contributed by atoms with Gasteiger partial charge in [0.05, 0.1) is 17.8 Å². The highest BCUT2D eigenvalue weighted by Crippen LogP contribution is 2.37. The summed E-state index contributed by atoms with van der Waals surface area (Å²) in [7, 11) is 0. The van der Waals surface area contributed by atoms with Gasteiger partial charge in [-0.05, 0) is 70.9 Å². The molecule has 4 rings (SSSR count). The van der Waals surface area contributed by atoms with Gasteiger partial charge < -0.3 is 15.0 Å². The molecular weight excluding hydrogens is 468 g/mol. The molecule has 0 saturated heterocycles. The number of halogens is 2. The topological polar surface area (TPSA) is 58.6 Å². The van der Waals surface area contributed by atoms with E-state index in [1.807, 2.05) is 24.3 Å². The summed E-state index contributed by atoms with van der Waals surface area (Å²) in [5.74, 6) is 0.199. The summed E-state index contributed by atoms with van der Waals surface area (Å²) in [5.41, 5.74) is 2.64. The minimum absolute atomic E-state index is 0.147. The van der Waals surface area contributed by atoms with Crippen LogP contribution in [0.1, 0.15) is 22.8 Å². The lowest BCUT2D eigenvalue weighted by molar-refractivity contribution is -0.125. The standard InChI is InChI=1S/C23H18BrClN2O3/c1-14-23(29)27(13-15-6-8-16(25)9-7-15)20-12-17(10-11-21(20)30-14)26-22(28)18-4-2-3-5-19(18)24/h2-12,14H,13H2,1H3,(H,26,28). The van der Waals surface area contributed by atoms with Crippen molar-refractivity contribution in [2.24, 2.45) is 0 Å². The number of nitrogens with one attached hydrogen (secondary N) is 1. The van der Waals surface area contributed by atoms with Crippen molar-refractivity contribution >= 4 is 50.7 Å². The molecular formula is C23H18BrClN2O3. The van der Waals surface area contributed by atoms with Crippen molar-refractivity contribution < 1.29 is 14.3 Å². The second-order valence-electron chi connectivity index (χ2n) is 6.93. The monoisotopic (exact) mass is 484 g/mol. The maximum absolute atomic E-state index is 12.8. The predicted molar refractivity (Wildman–Crippen MR) is 121 cm³/mol. The Morgan fingerprint density at radius 3 is 2.60 bits per heavy atom. The third-order valence-electron chi connectivity index (χ3n) is 4.80. The molecule has 0 aliphatic carbocycles. The Hall–Kier alpha value is -2.83. The minimum Gasteiger partial charge on any atom is -0.479 e. The molecule has 0 spiro atoms. The number of nitrogens with zero attached hydrogens (tertiary/aromatic N) is 1. The van der Waals surface area contributed by atoms with E-state index in [9.17, 15) is 9.59 Å². The van der Waals surface area contributed by atoms with Crippen LogP contribution in [0.25, 0.3) is 0 Å². The molecule has 3 aromatic carbocycles. The van der Waals surface area contributed by atoms with E-state index in [1.165, 1.54) is 0 Å². The molecule has 30 heavy (non-hydrogen) atoms. The molecule has 1 heterocycles. The number of amides is 2. The van der Waals surface area contributed by atoms with Gasteiger partial charge >= 0.3 is 0 Å². The number of ether oxygens (including phenoxy) is 1. The summed E-state index contributed by atoms with van der Waals surface area (Å²) in [6.45, 7) is 2.10. The summed E-state index contributed by atoms with van der Waals surface area (Å²) in [6.07, 6.45) is -0.592. The van der Waals surface area contributed by atoms with Crippen LogP contribution in [0.3, 0.4) is 0 Å². The van der Waals surface area contributed by atoms with Crippen molar-refractivity contribution in [2.75, 3.05) is 10.2 Å². The Bertz CT molecular complexity index is 1120. The highest BCUT2D eigenvalue weighted by molar-refractivity contribution is 9.10. The van der Waals surface area contributed by atoms with Gasteiger partial charge in [0.1, 0.15) is 5.75 Å². The number of benzene rings is 3. The van der Waals surface area contributed by atoms with Gasteiger partial charge in [-0.3, -0.25) is 9.59 Å². The molecule has 1 N–H and O–H groups in total. The molecule has 1 atom stereocenters. The SMILES string of the molecule is CC1Oc2ccc(NC(=O)c3ccccc3Br)cc2N(Cc2ccc(Cl)cc2)C1=O. The summed E-state index contributed by atoms with van der Waals surface area (Å²) in [4.78, 5) is 27.2. The molecule has 5 nitrogen and oxygen atoms in total. The molecule has 1 aliphatic rings. The number of fused-ring (bicyclic) bond motifs is 1. The van der Waals surface area contributed by atoms with Crippen molar-refractivity contribution in [1.82, 2.24) is 0 Å². The third-order valence-corrected chi connectivity index (χ3v) is 5.74. The van der Waals surface area contributed by atoms with Crippen molar-refractivity contribution in [2.45, 2.75) is 19.6 Å². The third kappa shape index (κ3) is 4.20. The normalized spacial score (nSPS) is 15.4. The molecule has 0 aromatic heterocycles. The van der Waals surface area contributed by atoms with Crippen LogP contribution in [0.4, 0.5) is 11.4 Å². The van der Waals surface area contributed by atoms with Crippen LogP contribution >= 0.6 is 27.5 Å². The minimum atomic E-state index is -0.592. The summed E-state index contributed by atoms with van der Waals surface area (Å²) in [6, 6.07) is 19.8. The smallest absolute Gasteiger partial charge is 0.268 e. The number of hydrogen-bond acceptors (Lipinski definition) is 3. The van der Waals surface area contributed by atoms with Crippen LogP contribution in [-0.4, -0.2) is 17.9 Å².